The van der Waals surface area contributed by atoms with Gasteiger partial charge in [-0.1, -0.05) is 6.42 Å². The van der Waals surface area contributed by atoms with Crippen LogP contribution in [0.15, 0.2) is 4.99 Å². The molecule has 0 spiro atoms. The summed E-state index contributed by atoms with van der Waals surface area (Å²) >= 11 is 0. The number of likely N-dealkylation sites (tertiary alicyclic amines) is 1. The van der Waals surface area contributed by atoms with Crippen LogP contribution in [0.5, 0.6) is 0 Å². The largest absolute Gasteiger partial charge is 0.369 e. The molecule has 0 aromatic carbocycles. The maximum absolute atomic E-state index is 11.3. The van der Waals surface area contributed by atoms with Crippen molar-refractivity contribution in [2.24, 2.45) is 16.1 Å². The molecule has 1 rings (SSSR count). The molecule has 4 N–H and O–H groups in total. The van der Waals surface area contributed by atoms with Crippen molar-refractivity contribution in [3.63, 3.8) is 0 Å². The molecular formula is C15H32IN5O. The molecule has 0 aromatic heterocycles. The Balaban J connectivity index is 0.00000441. The molecule has 1 fully saturated rings. The fourth-order valence-corrected chi connectivity index (χ4v) is 2.21. The lowest BCUT2D eigenvalue weighted by Crippen LogP contribution is -2.43. The van der Waals surface area contributed by atoms with Crippen LogP contribution in [0.3, 0.4) is 0 Å². The third kappa shape index (κ3) is 8.17. The highest BCUT2D eigenvalue weighted by Crippen LogP contribution is 2.13. The number of guanidine groups is 1. The van der Waals surface area contributed by atoms with Crippen molar-refractivity contribution < 1.29 is 4.79 Å². The van der Waals surface area contributed by atoms with E-state index in [1.165, 1.54) is 32.4 Å². The van der Waals surface area contributed by atoms with Gasteiger partial charge in [0.25, 0.3) is 0 Å². The van der Waals surface area contributed by atoms with Gasteiger partial charge in [-0.2, -0.15) is 0 Å². The van der Waals surface area contributed by atoms with Crippen LogP contribution < -0.4 is 16.4 Å². The van der Waals surface area contributed by atoms with E-state index in [0.29, 0.717) is 6.54 Å². The summed E-state index contributed by atoms with van der Waals surface area (Å²) in [7, 11) is 0. The lowest BCUT2D eigenvalue weighted by molar-refractivity contribution is -0.125. The van der Waals surface area contributed by atoms with E-state index in [9.17, 15) is 4.79 Å². The van der Waals surface area contributed by atoms with Crippen molar-refractivity contribution in [2.45, 2.75) is 40.0 Å². The van der Waals surface area contributed by atoms with E-state index in [1.807, 2.05) is 20.8 Å². The summed E-state index contributed by atoms with van der Waals surface area (Å²) < 4.78 is 0. The highest BCUT2D eigenvalue weighted by atomic mass is 127. The van der Waals surface area contributed by atoms with Gasteiger partial charge < -0.3 is 21.3 Å². The Labute approximate surface area is 151 Å². The number of carbonyl (C=O) groups excluding carboxylic acids is 1. The van der Waals surface area contributed by atoms with Gasteiger partial charge in [-0.25, -0.2) is 0 Å². The van der Waals surface area contributed by atoms with Gasteiger partial charge in [0.05, 0.1) is 12.0 Å². The molecule has 1 amide bonds. The molecule has 7 heteroatoms. The van der Waals surface area contributed by atoms with Crippen LogP contribution >= 0.6 is 24.0 Å². The Morgan fingerprint density at radius 2 is 1.86 bits per heavy atom. The average Bonchev–Trinajstić information content (AvgIpc) is 2.46. The average molecular weight is 425 g/mol. The highest BCUT2D eigenvalue weighted by Gasteiger charge is 2.24. The standard InChI is InChI=1S/C15H31N5O.HI/c1-4-17-14(19-12-15(2,3)13(16)21)18-8-11-20-9-6-5-7-10-20;/h4-12H2,1-3H3,(H2,16,21)(H2,17,18,19);1H. The van der Waals surface area contributed by atoms with Crippen LogP contribution in [0.25, 0.3) is 0 Å². The van der Waals surface area contributed by atoms with Crippen molar-refractivity contribution in [2.75, 3.05) is 39.3 Å². The van der Waals surface area contributed by atoms with Crippen LogP contribution in [-0.2, 0) is 4.79 Å². The molecule has 130 valence electrons. The van der Waals surface area contributed by atoms with Crippen LogP contribution in [0.4, 0.5) is 0 Å². The molecule has 0 aromatic rings. The van der Waals surface area contributed by atoms with Gasteiger partial charge in [-0.15, -0.1) is 24.0 Å². The molecule has 1 aliphatic rings. The third-order valence-electron chi connectivity index (χ3n) is 3.81. The number of aliphatic imine (C=N–C) groups is 1. The maximum atomic E-state index is 11.3. The van der Waals surface area contributed by atoms with Crippen LogP contribution in [0.1, 0.15) is 40.0 Å². The van der Waals surface area contributed by atoms with E-state index in [2.05, 4.69) is 20.5 Å². The molecule has 1 aliphatic heterocycles. The summed E-state index contributed by atoms with van der Waals surface area (Å²) in [5.74, 6) is 0.430. The smallest absolute Gasteiger partial charge is 0.224 e. The Hall–Kier alpha value is -0.570. The molecule has 0 aliphatic carbocycles. The summed E-state index contributed by atoms with van der Waals surface area (Å²) in [4.78, 5) is 18.3. The SMILES string of the molecule is CCNC(=NCC(C)(C)C(N)=O)NCCN1CCCCC1.I. The van der Waals surface area contributed by atoms with Gasteiger partial charge in [-0.3, -0.25) is 9.79 Å². The number of hydrogen-bond donors (Lipinski definition) is 3. The minimum atomic E-state index is -0.616. The van der Waals surface area contributed by atoms with Crippen molar-refractivity contribution in [3.05, 3.63) is 0 Å². The molecule has 1 saturated heterocycles. The number of rotatable bonds is 7. The molecular weight excluding hydrogens is 393 g/mol. The number of piperidine rings is 1. The normalized spacial score (nSPS) is 16.8. The second-order valence-corrected chi connectivity index (χ2v) is 6.27. The van der Waals surface area contributed by atoms with Crippen molar-refractivity contribution in [1.29, 1.82) is 0 Å². The van der Waals surface area contributed by atoms with E-state index in [-0.39, 0.29) is 29.9 Å². The first-order valence-electron chi connectivity index (χ1n) is 8.00. The first-order chi connectivity index (χ1) is 9.95. The minimum Gasteiger partial charge on any atom is -0.369 e. The fraction of sp³-hybridized carbons (Fsp3) is 0.867. The molecule has 6 nitrogen and oxygen atoms in total. The van der Waals surface area contributed by atoms with Gasteiger partial charge in [0.2, 0.25) is 5.91 Å². The van der Waals surface area contributed by atoms with Crippen LogP contribution in [0, 0.1) is 5.41 Å². The Bertz CT molecular complexity index is 354. The predicted molar refractivity (Wildman–Crippen MR) is 103 cm³/mol. The zero-order chi connectivity index (χ0) is 15.7. The minimum absolute atomic E-state index is 0. The second kappa shape index (κ2) is 11.0. The number of nitrogens with zero attached hydrogens (tertiary/aromatic N) is 2. The number of halogens is 1. The van der Waals surface area contributed by atoms with Crippen LogP contribution in [-0.4, -0.2) is 56.0 Å². The quantitative estimate of drug-likeness (QED) is 0.325. The van der Waals surface area contributed by atoms with Gasteiger partial charge in [0.1, 0.15) is 0 Å². The lowest BCUT2D eigenvalue weighted by atomic mass is 9.93. The Kier molecular flexibility index (Phi) is 10.8. The van der Waals surface area contributed by atoms with Gasteiger partial charge in [0, 0.05) is 19.6 Å². The molecule has 0 unspecified atom stereocenters. The second-order valence-electron chi connectivity index (χ2n) is 6.27. The molecule has 0 radical (unpaired) electrons. The summed E-state index contributed by atoms with van der Waals surface area (Å²) in [5, 5.41) is 6.52. The highest BCUT2D eigenvalue weighted by molar-refractivity contribution is 14.0. The Morgan fingerprint density at radius 3 is 2.41 bits per heavy atom. The maximum Gasteiger partial charge on any atom is 0.224 e. The monoisotopic (exact) mass is 425 g/mol. The lowest BCUT2D eigenvalue weighted by Gasteiger charge is -2.26. The number of carbonyl (C=O) groups is 1. The molecule has 1 heterocycles. The molecule has 0 saturated carbocycles. The summed E-state index contributed by atoms with van der Waals surface area (Å²) in [5.41, 5.74) is 4.76. The fourth-order valence-electron chi connectivity index (χ4n) is 2.21. The summed E-state index contributed by atoms with van der Waals surface area (Å²) in [6.07, 6.45) is 3.97. The topological polar surface area (TPSA) is 82.7 Å². The van der Waals surface area contributed by atoms with Gasteiger partial charge in [-0.05, 0) is 46.7 Å². The molecule has 22 heavy (non-hydrogen) atoms. The van der Waals surface area contributed by atoms with Crippen molar-refractivity contribution >= 4 is 35.8 Å². The third-order valence-corrected chi connectivity index (χ3v) is 3.81. The molecule has 0 atom stereocenters. The Morgan fingerprint density at radius 1 is 1.23 bits per heavy atom. The number of nitrogens with one attached hydrogen (secondary N) is 2. The zero-order valence-corrected chi connectivity index (χ0v) is 16.5. The number of nitrogens with two attached hydrogens (primary N) is 1. The van der Waals surface area contributed by atoms with E-state index < -0.39 is 5.41 Å². The number of amides is 1. The number of primary amides is 1. The summed E-state index contributed by atoms with van der Waals surface area (Å²) in [6, 6.07) is 0. The first kappa shape index (κ1) is 21.4. The van der Waals surface area contributed by atoms with Crippen molar-refractivity contribution in [3.8, 4) is 0 Å². The van der Waals surface area contributed by atoms with E-state index in [4.69, 9.17) is 5.73 Å². The first-order valence-corrected chi connectivity index (χ1v) is 8.00. The number of hydrogen-bond acceptors (Lipinski definition) is 3. The van der Waals surface area contributed by atoms with Gasteiger partial charge in [0.15, 0.2) is 5.96 Å². The summed E-state index contributed by atoms with van der Waals surface area (Å²) in [6.45, 7) is 11.1. The molecule has 0 bridgehead atoms. The van der Waals surface area contributed by atoms with E-state index in [0.717, 1.165) is 25.6 Å². The van der Waals surface area contributed by atoms with Crippen molar-refractivity contribution in [1.82, 2.24) is 15.5 Å². The van der Waals surface area contributed by atoms with Crippen LogP contribution in [0.2, 0.25) is 0 Å². The van der Waals surface area contributed by atoms with E-state index in [1.54, 1.807) is 0 Å². The zero-order valence-electron chi connectivity index (χ0n) is 14.2. The van der Waals surface area contributed by atoms with E-state index >= 15 is 0 Å². The predicted octanol–water partition coefficient (Wildman–Crippen LogP) is 1.16. The van der Waals surface area contributed by atoms with Gasteiger partial charge >= 0.3 is 0 Å².